The number of benzene rings is 1. The Morgan fingerprint density at radius 1 is 1.47 bits per heavy atom. The van der Waals surface area contributed by atoms with E-state index in [1.807, 2.05) is 0 Å². The average Bonchev–Trinajstić information content (AvgIpc) is 3.07. The topological polar surface area (TPSA) is 29.1 Å². The van der Waals surface area contributed by atoms with Crippen LogP contribution in [0.4, 0.5) is 8.78 Å². The van der Waals surface area contributed by atoms with E-state index in [4.69, 9.17) is 0 Å². The summed E-state index contributed by atoms with van der Waals surface area (Å²) in [7, 11) is 0. The van der Waals surface area contributed by atoms with Gasteiger partial charge in [-0.15, -0.1) is 11.8 Å². The van der Waals surface area contributed by atoms with Crippen LogP contribution in [0.2, 0.25) is 0 Å². The molecule has 0 saturated heterocycles. The minimum atomic E-state index is -0.498. The van der Waals surface area contributed by atoms with E-state index in [-0.39, 0.29) is 16.8 Å². The first-order valence-corrected chi connectivity index (χ1v) is 6.36. The van der Waals surface area contributed by atoms with Gasteiger partial charge in [-0.2, -0.15) is 0 Å². The van der Waals surface area contributed by atoms with Gasteiger partial charge in [-0.25, -0.2) is 8.78 Å². The zero-order valence-electron chi connectivity index (χ0n) is 9.37. The highest BCUT2D eigenvalue weighted by Gasteiger charge is 2.26. The standard InChI is InChI=1S/C12H13F2NOS/c1-7(12(16)15-9-3-4-9)17-11-6-8(13)2-5-10(11)14/h2,5-7,9H,3-4H2,1H3,(H,15,16)/t7-/m0/s1. The summed E-state index contributed by atoms with van der Waals surface area (Å²) in [6, 6.07) is 3.53. The number of carbonyl (C=O) groups excluding carboxylic acids is 1. The summed E-state index contributed by atoms with van der Waals surface area (Å²) in [6.07, 6.45) is 2.02. The molecule has 92 valence electrons. The van der Waals surface area contributed by atoms with Crippen LogP contribution in [-0.4, -0.2) is 17.2 Å². The molecule has 1 N–H and O–H groups in total. The van der Waals surface area contributed by atoms with Crippen molar-refractivity contribution < 1.29 is 13.6 Å². The van der Waals surface area contributed by atoms with Gasteiger partial charge >= 0.3 is 0 Å². The molecule has 0 aliphatic heterocycles. The molecule has 0 heterocycles. The molecule has 1 aromatic carbocycles. The van der Waals surface area contributed by atoms with E-state index in [2.05, 4.69) is 5.32 Å². The number of nitrogens with one attached hydrogen (secondary N) is 1. The molecule has 0 unspecified atom stereocenters. The summed E-state index contributed by atoms with van der Waals surface area (Å²) >= 11 is 1.04. The fourth-order valence-electron chi connectivity index (χ4n) is 1.36. The van der Waals surface area contributed by atoms with Gasteiger partial charge in [0.1, 0.15) is 11.6 Å². The maximum atomic E-state index is 13.3. The molecule has 1 aromatic rings. The van der Waals surface area contributed by atoms with Crippen LogP contribution in [0.1, 0.15) is 19.8 Å². The zero-order valence-corrected chi connectivity index (χ0v) is 10.2. The number of halogens is 2. The van der Waals surface area contributed by atoms with Crippen molar-refractivity contribution in [3.63, 3.8) is 0 Å². The molecule has 2 rings (SSSR count). The van der Waals surface area contributed by atoms with Gasteiger partial charge in [0.15, 0.2) is 0 Å². The molecule has 1 aliphatic rings. The number of hydrogen-bond acceptors (Lipinski definition) is 2. The molecular weight excluding hydrogens is 244 g/mol. The minimum Gasteiger partial charge on any atom is -0.352 e. The van der Waals surface area contributed by atoms with Crippen molar-refractivity contribution in [1.29, 1.82) is 0 Å². The van der Waals surface area contributed by atoms with Crippen LogP contribution in [0.5, 0.6) is 0 Å². The van der Waals surface area contributed by atoms with E-state index in [0.29, 0.717) is 0 Å². The van der Waals surface area contributed by atoms with Gasteiger partial charge in [0, 0.05) is 10.9 Å². The van der Waals surface area contributed by atoms with Gasteiger partial charge in [0.25, 0.3) is 0 Å². The third-order valence-corrected chi connectivity index (χ3v) is 3.62. The molecule has 0 spiro atoms. The third-order valence-electron chi connectivity index (χ3n) is 2.49. The molecule has 1 fully saturated rings. The molecule has 1 aliphatic carbocycles. The number of hydrogen-bond donors (Lipinski definition) is 1. The van der Waals surface area contributed by atoms with Gasteiger partial charge in [0.05, 0.1) is 5.25 Å². The van der Waals surface area contributed by atoms with E-state index in [9.17, 15) is 13.6 Å². The first-order valence-electron chi connectivity index (χ1n) is 5.48. The Morgan fingerprint density at radius 2 is 2.18 bits per heavy atom. The van der Waals surface area contributed by atoms with E-state index in [1.54, 1.807) is 6.92 Å². The molecule has 1 amide bonds. The molecule has 0 aromatic heterocycles. The monoisotopic (exact) mass is 257 g/mol. The fourth-order valence-corrected chi connectivity index (χ4v) is 2.27. The molecule has 2 nitrogen and oxygen atoms in total. The van der Waals surface area contributed by atoms with E-state index in [0.717, 1.165) is 42.8 Å². The zero-order chi connectivity index (χ0) is 12.4. The minimum absolute atomic E-state index is 0.124. The maximum absolute atomic E-state index is 13.3. The lowest BCUT2D eigenvalue weighted by Crippen LogP contribution is -2.32. The highest BCUT2D eigenvalue weighted by atomic mass is 32.2. The van der Waals surface area contributed by atoms with Crippen molar-refractivity contribution in [3.05, 3.63) is 29.8 Å². The van der Waals surface area contributed by atoms with Gasteiger partial charge in [-0.1, -0.05) is 0 Å². The predicted octanol–water partition coefficient (Wildman–Crippen LogP) is 2.72. The van der Waals surface area contributed by atoms with Gasteiger partial charge in [0.2, 0.25) is 5.91 Å². The lowest BCUT2D eigenvalue weighted by molar-refractivity contribution is -0.120. The number of rotatable bonds is 4. The Kier molecular flexibility index (Phi) is 3.66. The Labute approximate surface area is 103 Å². The highest BCUT2D eigenvalue weighted by molar-refractivity contribution is 8.00. The molecule has 5 heteroatoms. The lowest BCUT2D eigenvalue weighted by atomic mass is 10.3. The van der Waals surface area contributed by atoms with Crippen molar-refractivity contribution >= 4 is 17.7 Å². The van der Waals surface area contributed by atoms with Gasteiger partial charge in [-0.05, 0) is 38.0 Å². The average molecular weight is 257 g/mol. The maximum Gasteiger partial charge on any atom is 0.233 e. The second kappa shape index (κ2) is 5.04. The van der Waals surface area contributed by atoms with Crippen LogP contribution < -0.4 is 5.32 Å². The molecular formula is C12H13F2NOS. The molecule has 1 saturated carbocycles. The van der Waals surface area contributed by atoms with Crippen LogP contribution in [0, 0.1) is 11.6 Å². The molecule has 0 radical (unpaired) electrons. The molecule has 1 atom stereocenters. The van der Waals surface area contributed by atoms with Crippen LogP contribution in [-0.2, 0) is 4.79 Å². The second-order valence-electron chi connectivity index (χ2n) is 4.12. The largest absolute Gasteiger partial charge is 0.352 e. The summed E-state index contributed by atoms with van der Waals surface area (Å²) in [6.45, 7) is 1.69. The smallest absolute Gasteiger partial charge is 0.233 e. The number of carbonyl (C=O) groups is 1. The molecule has 0 bridgehead atoms. The van der Waals surface area contributed by atoms with Crippen LogP contribution in [0.3, 0.4) is 0 Å². The fraction of sp³-hybridized carbons (Fsp3) is 0.417. The number of amides is 1. The van der Waals surface area contributed by atoms with E-state index >= 15 is 0 Å². The summed E-state index contributed by atoms with van der Waals surface area (Å²) in [5.41, 5.74) is 0. The van der Waals surface area contributed by atoms with Crippen molar-refractivity contribution in [2.45, 2.75) is 36.0 Å². The second-order valence-corrected chi connectivity index (χ2v) is 5.50. The summed E-state index contributed by atoms with van der Waals surface area (Å²) < 4.78 is 26.3. The van der Waals surface area contributed by atoms with E-state index < -0.39 is 16.9 Å². The van der Waals surface area contributed by atoms with Crippen LogP contribution in [0.25, 0.3) is 0 Å². The highest BCUT2D eigenvalue weighted by Crippen LogP contribution is 2.28. The molecule has 17 heavy (non-hydrogen) atoms. The number of thioether (sulfide) groups is 1. The normalized spacial score (nSPS) is 16.6. The predicted molar refractivity (Wildman–Crippen MR) is 62.8 cm³/mol. The quantitative estimate of drug-likeness (QED) is 0.840. The Morgan fingerprint density at radius 3 is 2.82 bits per heavy atom. The Balaban J connectivity index is 1.98. The van der Waals surface area contributed by atoms with Crippen LogP contribution in [0.15, 0.2) is 23.1 Å². The summed E-state index contributed by atoms with van der Waals surface area (Å²) in [5, 5.41) is 2.41. The van der Waals surface area contributed by atoms with Crippen molar-refractivity contribution in [2.75, 3.05) is 0 Å². The van der Waals surface area contributed by atoms with Gasteiger partial charge < -0.3 is 5.32 Å². The summed E-state index contributed by atoms with van der Waals surface area (Å²) in [4.78, 5) is 11.8. The summed E-state index contributed by atoms with van der Waals surface area (Å²) in [5.74, 6) is -1.12. The van der Waals surface area contributed by atoms with Crippen LogP contribution >= 0.6 is 11.8 Å². The van der Waals surface area contributed by atoms with Crippen molar-refractivity contribution in [2.24, 2.45) is 0 Å². The van der Waals surface area contributed by atoms with Crippen molar-refractivity contribution in [1.82, 2.24) is 5.32 Å². The first-order chi connectivity index (χ1) is 8.06. The van der Waals surface area contributed by atoms with Crippen molar-refractivity contribution in [3.8, 4) is 0 Å². The third kappa shape index (κ3) is 3.43. The Bertz CT molecular complexity index is 435. The first kappa shape index (κ1) is 12.4. The lowest BCUT2D eigenvalue weighted by Gasteiger charge is -2.11. The van der Waals surface area contributed by atoms with E-state index in [1.165, 1.54) is 0 Å². The SMILES string of the molecule is C[C@H](Sc1cc(F)ccc1F)C(=O)NC1CC1. The Hall–Kier alpha value is -1.10. The van der Waals surface area contributed by atoms with Gasteiger partial charge in [-0.3, -0.25) is 4.79 Å².